The summed E-state index contributed by atoms with van der Waals surface area (Å²) in [7, 11) is 1.11. The molecule has 0 aliphatic carbocycles. The molecule has 0 bridgehead atoms. The number of ether oxygens (including phenoxy) is 2. The monoisotopic (exact) mass is 276 g/mol. The molecule has 0 unspecified atom stereocenters. The Morgan fingerprint density at radius 2 is 2.00 bits per heavy atom. The average molecular weight is 276 g/mol. The Morgan fingerprint density at radius 1 is 1.32 bits per heavy atom. The van der Waals surface area contributed by atoms with Gasteiger partial charge in [0.1, 0.15) is 8.80 Å². The first-order chi connectivity index (χ1) is 9.33. The van der Waals surface area contributed by atoms with Crippen LogP contribution in [-0.4, -0.2) is 59.5 Å². The third-order valence-corrected chi connectivity index (χ3v) is 6.01. The Labute approximate surface area is 117 Å². The lowest BCUT2D eigenvalue weighted by atomic mass is 10.2. The predicted octanol–water partition coefficient (Wildman–Crippen LogP) is 1.09. The van der Waals surface area contributed by atoms with Gasteiger partial charge in [0.25, 0.3) is 0 Å². The SMILES string of the molecule is C=Cc1ccc([Si](COC)CN2CCOCC2)cc1. The zero-order valence-electron chi connectivity index (χ0n) is 11.6. The van der Waals surface area contributed by atoms with E-state index in [-0.39, 0.29) is 0 Å². The minimum absolute atomic E-state index is 0.683. The van der Waals surface area contributed by atoms with Crippen molar-refractivity contribution in [2.75, 3.05) is 45.8 Å². The van der Waals surface area contributed by atoms with Crippen LogP contribution in [0, 0.1) is 0 Å². The minimum Gasteiger partial charge on any atom is -0.388 e. The number of nitrogens with zero attached hydrogens (tertiary/aromatic N) is 1. The second-order valence-corrected chi connectivity index (χ2v) is 7.14. The molecule has 2 rings (SSSR count). The fourth-order valence-electron chi connectivity index (χ4n) is 2.28. The van der Waals surface area contributed by atoms with Crippen molar-refractivity contribution in [3.05, 3.63) is 36.4 Å². The van der Waals surface area contributed by atoms with Crippen LogP contribution in [0.15, 0.2) is 30.8 Å². The summed E-state index contributed by atoms with van der Waals surface area (Å²) in [5.41, 5.74) is 1.17. The fraction of sp³-hybridized carbons (Fsp3) is 0.467. The zero-order chi connectivity index (χ0) is 13.5. The standard InChI is InChI=1S/C15H22NO2Si/c1-3-14-4-6-15(7-5-14)19(13-17-2)12-16-8-10-18-11-9-16/h3-7H,1,8-13H2,2H3. The van der Waals surface area contributed by atoms with Crippen LogP contribution >= 0.6 is 0 Å². The van der Waals surface area contributed by atoms with Crippen LogP contribution in [0.1, 0.15) is 5.56 Å². The van der Waals surface area contributed by atoms with E-state index < -0.39 is 8.80 Å². The number of hydrogen-bond acceptors (Lipinski definition) is 3. The maximum atomic E-state index is 5.42. The van der Waals surface area contributed by atoms with Gasteiger partial charge in [-0.15, -0.1) is 0 Å². The van der Waals surface area contributed by atoms with Gasteiger partial charge in [0.15, 0.2) is 0 Å². The van der Waals surface area contributed by atoms with Crippen LogP contribution in [0.2, 0.25) is 0 Å². The van der Waals surface area contributed by atoms with Crippen molar-refractivity contribution in [1.82, 2.24) is 4.90 Å². The molecule has 4 heteroatoms. The smallest absolute Gasteiger partial charge is 0.132 e. The van der Waals surface area contributed by atoms with Crippen molar-refractivity contribution in [3.63, 3.8) is 0 Å². The highest BCUT2D eigenvalue weighted by Crippen LogP contribution is 2.02. The molecule has 1 aromatic carbocycles. The summed E-state index contributed by atoms with van der Waals surface area (Å²) in [6.07, 6.45) is 3.87. The van der Waals surface area contributed by atoms with E-state index in [9.17, 15) is 0 Å². The van der Waals surface area contributed by atoms with Crippen molar-refractivity contribution in [1.29, 1.82) is 0 Å². The summed E-state index contributed by atoms with van der Waals surface area (Å²) in [6.45, 7) is 7.60. The van der Waals surface area contributed by atoms with Crippen molar-refractivity contribution >= 4 is 20.1 Å². The lowest BCUT2D eigenvalue weighted by Gasteiger charge is -2.29. The summed E-state index contributed by atoms with van der Waals surface area (Å²) < 4.78 is 10.8. The largest absolute Gasteiger partial charge is 0.388 e. The topological polar surface area (TPSA) is 21.7 Å². The van der Waals surface area contributed by atoms with Crippen molar-refractivity contribution < 1.29 is 9.47 Å². The lowest BCUT2D eigenvalue weighted by molar-refractivity contribution is 0.0456. The van der Waals surface area contributed by atoms with E-state index in [1.54, 1.807) is 7.11 Å². The Morgan fingerprint density at radius 3 is 2.58 bits per heavy atom. The summed E-state index contributed by atoms with van der Waals surface area (Å²) in [5, 5.41) is 1.43. The van der Waals surface area contributed by atoms with Gasteiger partial charge in [-0.3, -0.25) is 0 Å². The third-order valence-electron chi connectivity index (χ3n) is 3.39. The van der Waals surface area contributed by atoms with Crippen LogP contribution in [0.5, 0.6) is 0 Å². The molecule has 103 valence electrons. The van der Waals surface area contributed by atoms with E-state index in [0.29, 0.717) is 0 Å². The van der Waals surface area contributed by atoms with Gasteiger partial charge in [-0.25, -0.2) is 0 Å². The van der Waals surface area contributed by atoms with Gasteiger partial charge in [-0.05, 0) is 11.7 Å². The number of benzene rings is 1. The quantitative estimate of drug-likeness (QED) is 0.726. The molecule has 0 N–H and O–H groups in total. The van der Waals surface area contributed by atoms with Gasteiger partial charge < -0.3 is 14.4 Å². The van der Waals surface area contributed by atoms with E-state index >= 15 is 0 Å². The summed E-state index contributed by atoms with van der Waals surface area (Å²) in [4.78, 5) is 2.50. The Bertz CT molecular complexity index is 388. The number of rotatable bonds is 6. The van der Waals surface area contributed by atoms with Crippen molar-refractivity contribution in [3.8, 4) is 0 Å². The van der Waals surface area contributed by atoms with Crippen molar-refractivity contribution in [2.45, 2.75) is 0 Å². The van der Waals surface area contributed by atoms with Crippen LogP contribution in [-0.2, 0) is 9.47 Å². The van der Waals surface area contributed by atoms with Crippen LogP contribution in [0.4, 0.5) is 0 Å². The third kappa shape index (κ3) is 4.28. The Kier molecular flexibility index (Phi) is 5.79. The zero-order valence-corrected chi connectivity index (χ0v) is 12.6. The normalized spacial score (nSPS) is 16.7. The van der Waals surface area contributed by atoms with Gasteiger partial charge >= 0.3 is 0 Å². The molecule has 1 heterocycles. The lowest BCUT2D eigenvalue weighted by Crippen LogP contribution is -2.49. The molecule has 1 radical (unpaired) electrons. The molecular formula is C15H22NO2Si. The highest BCUT2D eigenvalue weighted by atomic mass is 28.3. The average Bonchev–Trinajstić information content (AvgIpc) is 2.48. The van der Waals surface area contributed by atoms with Crippen LogP contribution < -0.4 is 5.19 Å². The van der Waals surface area contributed by atoms with E-state index in [0.717, 1.165) is 38.7 Å². The van der Waals surface area contributed by atoms with E-state index in [2.05, 4.69) is 35.7 Å². The van der Waals surface area contributed by atoms with Gasteiger partial charge in [0, 0.05) is 26.4 Å². The summed E-state index contributed by atoms with van der Waals surface area (Å²) >= 11 is 0. The second kappa shape index (κ2) is 7.60. The highest BCUT2D eigenvalue weighted by Gasteiger charge is 2.20. The van der Waals surface area contributed by atoms with Crippen molar-refractivity contribution in [2.24, 2.45) is 0 Å². The summed E-state index contributed by atoms with van der Waals surface area (Å²) in [5.74, 6) is 0. The van der Waals surface area contributed by atoms with E-state index in [1.807, 2.05) is 6.08 Å². The van der Waals surface area contributed by atoms with Gasteiger partial charge in [0.05, 0.1) is 13.2 Å². The predicted molar refractivity (Wildman–Crippen MR) is 81.1 cm³/mol. The Hall–Kier alpha value is -0.943. The molecule has 1 fully saturated rings. The molecule has 0 saturated carbocycles. The van der Waals surface area contributed by atoms with E-state index in [1.165, 1.54) is 10.8 Å². The maximum absolute atomic E-state index is 5.42. The van der Waals surface area contributed by atoms with E-state index in [4.69, 9.17) is 9.47 Å². The molecule has 0 atom stereocenters. The highest BCUT2D eigenvalue weighted by molar-refractivity contribution is 6.73. The molecule has 1 aromatic rings. The molecule has 0 amide bonds. The Balaban J connectivity index is 2.02. The number of methoxy groups -OCH3 is 1. The number of morpholine rings is 1. The van der Waals surface area contributed by atoms with Gasteiger partial charge in [0.2, 0.25) is 0 Å². The summed E-state index contributed by atoms with van der Waals surface area (Å²) in [6, 6.07) is 8.74. The molecular weight excluding hydrogens is 254 g/mol. The van der Waals surface area contributed by atoms with Crippen LogP contribution in [0.3, 0.4) is 0 Å². The second-order valence-electron chi connectivity index (χ2n) is 4.75. The minimum atomic E-state index is -0.683. The maximum Gasteiger partial charge on any atom is 0.132 e. The van der Waals surface area contributed by atoms with Gasteiger partial charge in [-0.1, -0.05) is 42.1 Å². The number of hydrogen-bond donors (Lipinski definition) is 0. The molecule has 1 saturated heterocycles. The molecule has 1 aliphatic heterocycles. The molecule has 3 nitrogen and oxygen atoms in total. The molecule has 0 aromatic heterocycles. The molecule has 0 spiro atoms. The first-order valence-corrected chi connectivity index (χ1v) is 8.61. The molecule has 19 heavy (non-hydrogen) atoms. The molecule has 1 aliphatic rings. The fourth-order valence-corrected chi connectivity index (χ4v) is 4.56. The first-order valence-electron chi connectivity index (χ1n) is 6.70. The first kappa shape index (κ1) is 14.5. The van der Waals surface area contributed by atoms with Crippen LogP contribution in [0.25, 0.3) is 6.08 Å². The van der Waals surface area contributed by atoms with Gasteiger partial charge in [-0.2, -0.15) is 0 Å².